The molecule has 1 fully saturated rings. The van der Waals surface area contributed by atoms with Crippen LogP contribution < -0.4 is 5.73 Å². The number of aromatic nitrogens is 3. The summed E-state index contributed by atoms with van der Waals surface area (Å²) in [6.45, 7) is 5.35. The molecule has 6 heteroatoms. The molecule has 1 aromatic rings. The SMILES string of the molecule is CCN1C(=O)C[C@@H](N)[C@@H]1c1ncnn1CC. The molecular weight excluding hydrogens is 206 g/mol. The van der Waals surface area contributed by atoms with E-state index in [9.17, 15) is 4.79 Å². The smallest absolute Gasteiger partial charge is 0.224 e. The first-order chi connectivity index (χ1) is 7.69. The van der Waals surface area contributed by atoms with Crippen LogP contribution in [0.25, 0.3) is 0 Å². The van der Waals surface area contributed by atoms with E-state index in [1.165, 1.54) is 6.33 Å². The van der Waals surface area contributed by atoms with E-state index in [0.29, 0.717) is 13.0 Å². The molecule has 0 aromatic carbocycles. The van der Waals surface area contributed by atoms with Crippen molar-refractivity contribution in [3.63, 3.8) is 0 Å². The number of rotatable bonds is 3. The maximum absolute atomic E-state index is 11.7. The van der Waals surface area contributed by atoms with Crippen LogP contribution >= 0.6 is 0 Å². The molecule has 2 atom stereocenters. The van der Waals surface area contributed by atoms with Gasteiger partial charge in [0.25, 0.3) is 0 Å². The second-order valence-corrected chi connectivity index (χ2v) is 3.93. The lowest BCUT2D eigenvalue weighted by Crippen LogP contribution is -2.35. The first-order valence-corrected chi connectivity index (χ1v) is 5.61. The van der Waals surface area contributed by atoms with Gasteiger partial charge in [0.1, 0.15) is 12.4 Å². The molecule has 0 saturated carbocycles. The van der Waals surface area contributed by atoms with Crippen LogP contribution in [-0.4, -0.2) is 38.2 Å². The van der Waals surface area contributed by atoms with Gasteiger partial charge in [0.15, 0.2) is 5.82 Å². The highest BCUT2D eigenvalue weighted by molar-refractivity contribution is 5.80. The van der Waals surface area contributed by atoms with Crippen molar-refractivity contribution in [2.24, 2.45) is 5.73 Å². The van der Waals surface area contributed by atoms with Crippen LogP contribution in [0.5, 0.6) is 0 Å². The average Bonchev–Trinajstić information content (AvgIpc) is 2.81. The van der Waals surface area contributed by atoms with Crippen molar-refractivity contribution in [1.29, 1.82) is 0 Å². The molecule has 0 aliphatic carbocycles. The minimum absolute atomic E-state index is 0.102. The van der Waals surface area contributed by atoms with Crippen molar-refractivity contribution in [2.75, 3.05) is 6.54 Å². The van der Waals surface area contributed by atoms with Crippen LogP contribution in [0.2, 0.25) is 0 Å². The van der Waals surface area contributed by atoms with Crippen LogP contribution in [0.1, 0.15) is 32.1 Å². The highest BCUT2D eigenvalue weighted by Gasteiger charge is 2.40. The summed E-state index contributed by atoms with van der Waals surface area (Å²) in [6, 6.07) is -0.304. The highest BCUT2D eigenvalue weighted by atomic mass is 16.2. The van der Waals surface area contributed by atoms with Gasteiger partial charge in [0.2, 0.25) is 5.91 Å². The Bertz CT molecular complexity index is 388. The van der Waals surface area contributed by atoms with E-state index in [2.05, 4.69) is 10.1 Å². The average molecular weight is 223 g/mol. The van der Waals surface area contributed by atoms with Crippen LogP contribution in [0.15, 0.2) is 6.33 Å². The Morgan fingerprint density at radius 2 is 2.25 bits per heavy atom. The second kappa shape index (κ2) is 4.21. The molecule has 1 aliphatic heterocycles. The van der Waals surface area contributed by atoms with E-state index >= 15 is 0 Å². The summed E-state index contributed by atoms with van der Waals surface area (Å²) in [4.78, 5) is 17.7. The molecular formula is C10H17N5O. The fourth-order valence-corrected chi connectivity index (χ4v) is 2.27. The Hall–Kier alpha value is -1.43. The molecule has 2 heterocycles. The monoisotopic (exact) mass is 223 g/mol. The molecule has 2 rings (SSSR count). The number of carbonyl (C=O) groups is 1. The number of nitrogens with zero attached hydrogens (tertiary/aromatic N) is 4. The van der Waals surface area contributed by atoms with Crippen LogP contribution in [0, 0.1) is 0 Å². The topological polar surface area (TPSA) is 77.0 Å². The van der Waals surface area contributed by atoms with Crippen molar-refractivity contribution in [1.82, 2.24) is 19.7 Å². The third kappa shape index (κ3) is 1.59. The van der Waals surface area contributed by atoms with E-state index in [4.69, 9.17) is 5.73 Å². The molecule has 0 spiro atoms. The molecule has 16 heavy (non-hydrogen) atoms. The lowest BCUT2D eigenvalue weighted by molar-refractivity contribution is -0.128. The Kier molecular flexibility index (Phi) is 2.91. The maximum atomic E-state index is 11.7. The van der Waals surface area contributed by atoms with Crippen LogP contribution in [0.4, 0.5) is 0 Å². The number of aryl methyl sites for hydroxylation is 1. The van der Waals surface area contributed by atoms with Gasteiger partial charge in [-0.05, 0) is 13.8 Å². The Morgan fingerprint density at radius 3 is 2.88 bits per heavy atom. The number of nitrogens with two attached hydrogens (primary N) is 1. The summed E-state index contributed by atoms with van der Waals surface area (Å²) in [7, 11) is 0. The Morgan fingerprint density at radius 1 is 1.50 bits per heavy atom. The zero-order valence-electron chi connectivity index (χ0n) is 9.63. The van der Waals surface area contributed by atoms with E-state index in [1.807, 2.05) is 13.8 Å². The predicted molar refractivity (Wildman–Crippen MR) is 58.4 cm³/mol. The highest BCUT2D eigenvalue weighted by Crippen LogP contribution is 2.30. The number of hydrogen-bond donors (Lipinski definition) is 1. The van der Waals surface area contributed by atoms with Gasteiger partial charge in [-0.15, -0.1) is 0 Å². The van der Waals surface area contributed by atoms with Gasteiger partial charge in [0, 0.05) is 25.6 Å². The summed E-state index contributed by atoms with van der Waals surface area (Å²) >= 11 is 0. The minimum Gasteiger partial charge on any atom is -0.331 e. The third-order valence-electron chi connectivity index (χ3n) is 3.02. The first kappa shape index (κ1) is 11.1. The maximum Gasteiger partial charge on any atom is 0.224 e. The molecule has 0 radical (unpaired) electrons. The van der Waals surface area contributed by atoms with Gasteiger partial charge in [-0.25, -0.2) is 9.67 Å². The van der Waals surface area contributed by atoms with E-state index < -0.39 is 0 Å². The summed E-state index contributed by atoms with van der Waals surface area (Å²) in [5.41, 5.74) is 6.01. The fraction of sp³-hybridized carbons (Fsp3) is 0.700. The van der Waals surface area contributed by atoms with Crippen molar-refractivity contribution in [3.05, 3.63) is 12.2 Å². The van der Waals surface area contributed by atoms with Gasteiger partial charge in [0.05, 0.1) is 0 Å². The van der Waals surface area contributed by atoms with Crippen LogP contribution in [-0.2, 0) is 11.3 Å². The molecule has 0 unspecified atom stereocenters. The number of likely N-dealkylation sites (N-methyl/N-ethyl adjacent to an activating group) is 1. The summed E-state index contributed by atoms with van der Waals surface area (Å²) in [5, 5.41) is 4.12. The molecule has 1 saturated heterocycles. The number of likely N-dealkylation sites (tertiary alicyclic amines) is 1. The molecule has 1 aliphatic rings. The van der Waals surface area contributed by atoms with Crippen molar-refractivity contribution in [2.45, 2.75) is 38.9 Å². The van der Waals surface area contributed by atoms with Gasteiger partial charge in [-0.1, -0.05) is 0 Å². The van der Waals surface area contributed by atoms with Crippen molar-refractivity contribution >= 4 is 5.91 Å². The normalized spacial score (nSPS) is 25.4. The largest absolute Gasteiger partial charge is 0.331 e. The van der Waals surface area contributed by atoms with Crippen molar-refractivity contribution in [3.8, 4) is 0 Å². The second-order valence-electron chi connectivity index (χ2n) is 3.93. The lowest BCUT2D eigenvalue weighted by Gasteiger charge is -2.24. The van der Waals surface area contributed by atoms with Crippen LogP contribution in [0.3, 0.4) is 0 Å². The quantitative estimate of drug-likeness (QED) is 0.777. The summed E-state index contributed by atoms with van der Waals surface area (Å²) in [5.74, 6) is 0.897. The van der Waals surface area contributed by atoms with Gasteiger partial charge in [-0.2, -0.15) is 5.10 Å². The van der Waals surface area contributed by atoms with Gasteiger partial charge < -0.3 is 10.6 Å². The number of carbonyl (C=O) groups excluding carboxylic acids is 1. The number of amides is 1. The molecule has 6 nitrogen and oxygen atoms in total. The molecule has 0 bridgehead atoms. The Balaban J connectivity index is 2.35. The minimum atomic E-state index is -0.179. The molecule has 1 aromatic heterocycles. The third-order valence-corrected chi connectivity index (χ3v) is 3.02. The standard InChI is InChI=1S/C10H17N5O/c1-3-14-8(16)5-7(11)9(14)10-12-6-13-15(10)4-2/h6-7,9H,3-5,11H2,1-2H3/t7-,9-/m1/s1. The zero-order chi connectivity index (χ0) is 11.7. The summed E-state index contributed by atoms with van der Waals surface area (Å²) in [6.07, 6.45) is 1.91. The molecule has 1 amide bonds. The predicted octanol–water partition coefficient (Wildman–Crippen LogP) is -0.0814. The van der Waals surface area contributed by atoms with Gasteiger partial charge in [-0.3, -0.25) is 4.79 Å². The van der Waals surface area contributed by atoms with E-state index in [0.717, 1.165) is 12.4 Å². The molecule has 88 valence electrons. The van der Waals surface area contributed by atoms with E-state index in [1.54, 1.807) is 9.58 Å². The van der Waals surface area contributed by atoms with E-state index in [-0.39, 0.29) is 18.0 Å². The van der Waals surface area contributed by atoms with Gasteiger partial charge >= 0.3 is 0 Å². The van der Waals surface area contributed by atoms with Crippen molar-refractivity contribution < 1.29 is 4.79 Å². The lowest BCUT2D eigenvalue weighted by atomic mass is 10.1. The zero-order valence-corrected chi connectivity index (χ0v) is 9.63. The first-order valence-electron chi connectivity index (χ1n) is 5.61. The fourth-order valence-electron chi connectivity index (χ4n) is 2.27. The Labute approximate surface area is 94.4 Å². The summed E-state index contributed by atoms with van der Waals surface area (Å²) < 4.78 is 1.80. The number of hydrogen-bond acceptors (Lipinski definition) is 4. The molecule has 2 N–H and O–H groups in total.